The summed E-state index contributed by atoms with van der Waals surface area (Å²) in [6, 6.07) is 6.55. The number of aliphatic hydroxyl groups is 1. The molecule has 1 aliphatic carbocycles. The van der Waals surface area contributed by atoms with Gasteiger partial charge in [0.15, 0.2) is 0 Å². The van der Waals surface area contributed by atoms with E-state index in [0.29, 0.717) is 18.8 Å². The largest absolute Gasteiger partial charge is 0.386 e. The molecule has 1 fully saturated rings. The summed E-state index contributed by atoms with van der Waals surface area (Å²) in [7, 11) is 0. The number of nitrogens with zero attached hydrogens (tertiary/aromatic N) is 1. The molecule has 3 rings (SSSR count). The number of β-amino-alcohol motifs (C(OH)–C–C–N with tert-alkyl or cyclic N) is 1. The van der Waals surface area contributed by atoms with Crippen molar-refractivity contribution in [1.82, 2.24) is 4.90 Å². The molecule has 3 nitrogen and oxygen atoms in total. The van der Waals surface area contributed by atoms with E-state index in [-0.39, 0.29) is 5.91 Å². The Bertz CT molecular complexity index is 505. The Morgan fingerprint density at radius 2 is 2.11 bits per heavy atom. The molecule has 2 aliphatic rings. The summed E-state index contributed by atoms with van der Waals surface area (Å²) < 4.78 is 0. The maximum Gasteiger partial charge on any atom is 0.233 e. The van der Waals surface area contributed by atoms with Gasteiger partial charge in [-0.1, -0.05) is 6.07 Å². The number of carbonyl (C=O) groups excluding carboxylic acids is 1. The molecule has 1 heterocycles. The summed E-state index contributed by atoms with van der Waals surface area (Å²) in [6.45, 7) is 2.71. The predicted octanol–water partition coefficient (Wildman–Crippen LogP) is 1.86. The van der Waals surface area contributed by atoms with E-state index in [9.17, 15) is 9.90 Å². The topological polar surface area (TPSA) is 40.5 Å². The molecule has 19 heavy (non-hydrogen) atoms. The van der Waals surface area contributed by atoms with Crippen molar-refractivity contribution in [1.29, 1.82) is 0 Å². The third-order valence-electron chi connectivity index (χ3n) is 3.85. The standard InChI is InChI=1S/C15H19NO2S/c1-15(18)9-16(10-15)14(17)8-19-13-6-5-11-3-2-4-12(11)7-13/h5-7,18H,2-4,8-10H2,1H3. The van der Waals surface area contributed by atoms with Crippen LogP contribution >= 0.6 is 11.8 Å². The summed E-state index contributed by atoms with van der Waals surface area (Å²) in [5, 5.41) is 9.62. The van der Waals surface area contributed by atoms with Crippen LogP contribution in [0, 0.1) is 0 Å². The number of thioether (sulfide) groups is 1. The second kappa shape index (κ2) is 4.84. The lowest BCUT2D eigenvalue weighted by molar-refractivity contribution is -0.149. The Morgan fingerprint density at radius 3 is 2.84 bits per heavy atom. The number of hydrogen-bond acceptors (Lipinski definition) is 3. The first-order chi connectivity index (χ1) is 9.03. The van der Waals surface area contributed by atoms with Crippen LogP contribution in [-0.4, -0.2) is 40.4 Å². The zero-order valence-corrected chi connectivity index (χ0v) is 12.0. The minimum Gasteiger partial charge on any atom is -0.386 e. The fourth-order valence-corrected chi connectivity index (χ4v) is 3.69. The molecule has 0 spiro atoms. The van der Waals surface area contributed by atoms with Gasteiger partial charge in [0.05, 0.1) is 24.4 Å². The monoisotopic (exact) mass is 277 g/mol. The Kier molecular flexibility index (Phi) is 3.31. The number of benzene rings is 1. The quantitative estimate of drug-likeness (QED) is 0.857. The lowest BCUT2D eigenvalue weighted by Crippen LogP contribution is -2.62. The van der Waals surface area contributed by atoms with Crippen LogP contribution in [0.25, 0.3) is 0 Å². The molecule has 0 unspecified atom stereocenters. The number of likely N-dealkylation sites (tertiary alicyclic amines) is 1. The number of fused-ring (bicyclic) bond motifs is 1. The Morgan fingerprint density at radius 1 is 1.37 bits per heavy atom. The molecule has 0 atom stereocenters. The Hall–Kier alpha value is -1.00. The molecule has 102 valence electrons. The summed E-state index contributed by atoms with van der Waals surface area (Å²) in [6.07, 6.45) is 3.62. The molecule has 1 aliphatic heterocycles. The molecule has 1 saturated heterocycles. The van der Waals surface area contributed by atoms with Crippen LogP contribution in [0.1, 0.15) is 24.5 Å². The average Bonchev–Trinajstić information content (AvgIpc) is 2.80. The van der Waals surface area contributed by atoms with E-state index >= 15 is 0 Å². The van der Waals surface area contributed by atoms with Crippen LogP contribution in [0.2, 0.25) is 0 Å². The van der Waals surface area contributed by atoms with Crippen molar-refractivity contribution < 1.29 is 9.90 Å². The second-order valence-corrected chi connectivity index (χ2v) is 6.87. The van der Waals surface area contributed by atoms with E-state index in [1.54, 1.807) is 23.6 Å². The third kappa shape index (κ3) is 2.79. The van der Waals surface area contributed by atoms with E-state index in [0.717, 1.165) is 0 Å². The normalized spacial score (nSPS) is 20.0. The lowest BCUT2D eigenvalue weighted by atomic mass is 9.97. The first kappa shape index (κ1) is 13.0. The van der Waals surface area contributed by atoms with Crippen molar-refractivity contribution in [2.75, 3.05) is 18.8 Å². The number of hydrogen-bond donors (Lipinski definition) is 1. The van der Waals surface area contributed by atoms with E-state index in [1.807, 2.05) is 0 Å². The van der Waals surface area contributed by atoms with Gasteiger partial charge in [-0.3, -0.25) is 4.79 Å². The second-order valence-electron chi connectivity index (χ2n) is 5.82. The van der Waals surface area contributed by atoms with Gasteiger partial charge in [-0.05, 0) is 49.4 Å². The van der Waals surface area contributed by atoms with Crippen LogP contribution in [0.15, 0.2) is 23.1 Å². The van der Waals surface area contributed by atoms with E-state index in [4.69, 9.17) is 0 Å². The van der Waals surface area contributed by atoms with E-state index in [2.05, 4.69) is 18.2 Å². The zero-order valence-electron chi connectivity index (χ0n) is 11.2. The molecule has 1 aromatic rings. The first-order valence-corrected chi connectivity index (χ1v) is 7.77. The SMILES string of the molecule is CC1(O)CN(C(=O)CSc2ccc3c(c2)CCC3)C1. The van der Waals surface area contributed by atoms with Crippen molar-refractivity contribution in [3.63, 3.8) is 0 Å². The van der Waals surface area contributed by atoms with Gasteiger partial charge >= 0.3 is 0 Å². The van der Waals surface area contributed by atoms with Gasteiger partial charge in [0.1, 0.15) is 0 Å². The smallest absolute Gasteiger partial charge is 0.233 e. The fourth-order valence-electron chi connectivity index (χ4n) is 2.83. The van der Waals surface area contributed by atoms with Crippen molar-refractivity contribution >= 4 is 17.7 Å². The molecule has 1 N–H and O–H groups in total. The molecule has 0 saturated carbocycles. The molecule has 4 heteroatoms. The predicted molar refractivity (Wildman–Crippen MR) is 76.4 cm³/mol. The Balaban J connectivity index is 1.54. The molecule has 0 bridgehead atoms. The number of amides is 1. The minimum atomic E-state index is -0.673. The summed E-state index contributed by atoms with van der Waals surface area (Å²) >= 11 is 1.60. The van der Waals surface area contributed by atoms with Crippen LogP contribution in [0.4, 0.5) is 0 Å². The van der Waals surface area contributed by atoms with Crippen LogP contribution in [0.3, 0.4) is 0 Å². The van der Waals surface area contributed by atoms with Crippen molar-refractivity contribution in [3.05, 3.63) is 29.3 Å². The van der Waals surface area contributed by atoms with Gasteiger partial charge in [-0.15, -0.1) is 11.8 Å². The molecular formula is C15H19NO2S. The van der Waals surface area contributed by atoms with Crippen molar-refractivity contribution in [3.8, 4) is 0 Å². The minimum absolute atomic E-state index is 0.122. The molecule has 1 aromatic carbocycles. The zero-order chi connectivity index (χ0) is 13.5. The molecule has 0 radical (unpaired) electrons. The van der Waals surface area contributed by atoms with Gasteiger partial charge in [0.2, 0.25) is 5.91 Å². The summed E-state index contributed by atoms with van der Waals surface area (Å²) in [4.78, 5) is 14.8. The molecule has 1 amide bonds. The molecular weight excluding hydrogens is 258 g/mol. The maximum absolute atomic E-state index is 11.9. The summed E-state index contributed by atoms with van der Waals surface area (Å²) in [5.41, 5.74) is 2.24. The highest BCUT2D eigenvalue weighted by molar-refractivity contribution is 8.00. The highest BCUT2D eigenvalue weighted by atomic mass is 32.2. The fraction of sp³-hybridized carbons (Fsp3) is 0.533. The lowest BCUT2D eigenvalue weighted by Gasteiger charge is -2.44. The van der Waals surface area contributed by atoms with Gasteiger partial charge in [-0.2, -0.15) is 0 Å². The van der Waals surface area contributed by atoms with Crippen LogP contribution < -0.4 is 0 Å². The maximum atomic E-state index is 11.9. The summed E-state index contributed by atoms with van der Waals surface area (Å²) in [5.74, 6) is 0.589. The van der Waals surface area contributed by atoms with Gasteiger partial charge < -0.3 is 10.0 Å². The first-order valence-electron chi connectivity index (χ1n) is 6.78. The van der Waals surface area contributed by atoms with Gasteiger partial charge in [0.25, 0.3) is 0 Å². The third-order valence-corrected chi connectivity index (χ3v) is 4.83. The average molecular weight is 277 g/mol. The number of rotatable bonds is 3. The van der Waals surface area contributed by atoms with Gasteiger partial charge in [0, 0.05) is 4.90 Å². The number of carbonyl (C=O) groups is 1. The number of aryl methyl sites for hydroxylation is 2. The van der Waals surface area contributed by atoms with Crippen LogP contribution in [-0.2, 0) is 17.6 Å². The van der Waals surface area contributed by atoms with E-state index < -0.39 is 5.60 Å². The highest BCUT2D eigenvalue weighted by Gasteiger charge is 2.38. The van der Waals surface area contributed by atoms with Crippen LogP contribution in [0.5, 0.6) is 0 Å². The molecule has 0 aromatic heterocycles. The van der Waals surface area contributed by atoms with E-state index in [1.165, 1.54) is 35.3 Å². The van der Waals surface area contributed by atoms with Crippen molar-refractivity contribution in [2.24, 2.45) is 0 Å². The van der Waals surface area contributed by atoms with Gasteiger partial charge in [-0.25, -0.2) is 0 Å². The highest BCUT2D eigenvalue weighted by Crippen LogP contribution is 2.28. The van der Waals surface area contributed by atoms with Crippen molar-refractivity contribution in [2.45, 2.75) is 36.7 Å². The Labute approximate surface area is 118 Å².